The summed E-state index contributed by atoms with van der Waals surface area (Å²) in [5, 5.41) is 7.64. The van der Waals surface area contributed by atoms with Gasteiger partial charge >= 0.3 is 0 Å². The first-order valence-corrected chi connectivity index (χ1v) is 9.22. The number of rotatable bonds is 6. The normalized spacial score (nSPS) is 10.8. The monoisotopic (exact) mass is 494 g/mol. The van der Waals surface area contributed by atoms with E-state index in [2.05, 4.69) is 33.6 Å². The van der Waals surface area contributed by atoms with Crippen LogP contribution in [0.25, 0.3) is 0 Å². The number of hydrogen-bond acceptors (Lipinski definition) is 4. The molecule has 3 rings (SSSR count). The Balaban J connectivity index is 0.00000261. The fourth-order valence-corrected chi connectivity index (χ4v) is 3.12. The second-order valence-electron chi connectivity index (χ2n) is 5.71. The smallest absolute Gasteiger partial charge is 0.191 e. The van der Waals surface area contributed by atoms with Gasteiger partial charge in [0.25, 0.3) is 0 Å². The molecule has 0 unspecified atom stereocenters. The van der Waals surface area contributed by atoms with Crippen LogP contribution < -0.4 is 15.4 Å². The van der Waals surface area contributed by atoms with Crippen LogP contribution >= 0.6 is 35.3 Å². The molecule has 0 saturated carbocycles. The average Bonchev–Trinajstić information content (AvgIpc) is 3.08. The van der Waals surface area contributed by atoms with E-state index in [4.69, 9.17) is 4.74 Å². The molecule has 0 atom stereocenters. The van der Waals surface area contributed by atoms with E-state index in [0.717, 1.165) is 28.0 Å². The summed E-state index contributed by atoms with van der Waals surface area (Å²) < 4.78 is 5.88. The predicted octanol–water partition coefficient (Wildman–Crippen LogP) is 4.73. The van der Waals surface area contributed by atoms with E-state index in [9.17, 15) is 0 Å². The number of aryl methyl sites for hydroxylation is 1. The molecule has 0 aliphatic carbocycles. The lowest BCUT2D eigenvalue weighted by molar-refractivity contribution is 0.482. The van der Waals surface area contributed by atoms with Crippen LogP contribution in [0.4, 0.5) is 0 Å². The number of halogens is 1. The van der Waals surface area contributed by atoms with Gasteiger partial charge in [-0.05, 0) is 36.8 Å². The molecule has 27 heavy (non-hydrogen) atoms. The fraction of sp³-hybridized carbons (Fsp3) is 0.200. The van der Waals surface area contributed by atoms with Crippen molar-refractivity contribution in [1.29, 1.82) is 0 Å². The van der Waals surface area contributed by atoms with Crippen LogP contribution in [0, 0.1) is 6.92 Å². The van der Waals surface area contributed by atoms with Gasteiger partial charge < -0.3 is 15.4 Å². The van der Waals surface area contributed by atoms with Crippen molar-refractivity contribution in [2.75, 3.05) is 7.05 Å². The second-order valence-corrected chi connectivity index (χ2v) is 7.03. The first-order valence-electron chi connectivity index (χ1n) is 8.40. The zero-order chi connectivity index (χ0) is 18.2. The molecule has 2 N–H and O–H groups in total. The Morgan fingerprint density at radius 3 is 2.48 bits per heavy atom. The predicted molar refractivity (Wildman–Crippen MR) is 122 cm³/mol. The van der Waals surface area contributed by atoms with Crippen LogP contribution in [0.5, 0.6) is 11.5 Å². The molecule has 0 aliphatic rings. The third-order valence-corrected chi connectivity index (χ3v) is 4.55. The van der Waals surface area contributed by atoms with Crippen LogP contribution in [0.3, 0.4) is 0 Å². The summed E-state index contributed by atoms with van der Waals surface area (Å²) in [5.41, 5.74) is 1.12. The van der Waals surface area contributed by atoms with Gasteiger partial charge in [-0.2, -0.15) is 0 Å². The minimum Gasteiger partial charge on any atom is -0.457 e. The largest absolute Gasteiger partial charge is 0.457 e. The summed E-state index contributed by atoms with van der Waals surface area (Å²) in [6.07, 6.45) is 1.89. The molecular weight excluding hydrogens is 471 g/mol. The molecular formula is C20H23IN4OS. The van der Waals surface area contributed by atoms with E-state index in [1.54, 1.807) is 18.4 Å². The van der Waals surface area contributed by atoms with Crippen molar-refractivity contribution in [3.8, 4) is 11.5 Å². The van der Waals surface area contributed by atoms with Gasteiger partial charge in [0.15, 0.2) is 5.96 Å². The van der Waals surface area contributed by atoms with Crippen molar-refractivity contribution < 1.29 is 4.74 Å². The first kappa shape index (κ1) is 21.2. The lowest BCUT2D eigenvalue weighted by Gasteiger charge is -2.12. The molecule has 0 aliphatic heterocycles. The zero-order valence-corrected chi connectivity index (χ0v) is 18.5. The van der Waals surface area contributed by atoms with Gasteiger partial charge in [-0.1, -0.05) is 30.3 Å². The molecule has 1 aromatic heterocycles. The van der Waals surface area contributed by atoms with Crippen molar-refractivity contribution in [1.82, 2.24) is 15.6 Å². The minimum absolute atomic E-state index is 0. The molecule has 0 bridgehead atoms. The summed E-state index contributed by atoms with van der Waals surface area (Å²) in [6.45, 7) is 3.37. The van der Waals surface area contributed by atoms with E-state index in [1.807, 2.05) is 54.7 Å². The third kappa shape index (κ3) is 6.84. The number of nitrogens with zero attached hydrogens (tertiary/aromatic N) is 2. The third-order valence-electron chi connectivity index (χ3n) is 3.64. The van der Waals surface area contributed by atoms with Gasteiger partial charge in [0.1, 0.15) is 16.5 Å². The number of aliphatic imine (C=N–C) groups is 1. The molecule has 7 heteroatoms. The second kappa shape index (κ2) is 10.9. The highest BCUT2D eigenvalue weighted by Crippen LogP contribution is 2.21. The summed E-state index contributed by atoms with van der Waals surface area (Å²) in [5.74, 6) is 2.39. The molecule has 142 valence electrons. The number of para-hydroxylation sites is 1. The van der Waals surface area contributed by atoms with Crippen LogP contribution in [0.15, 0.2) is 65.8 Å². The maximum Gasteiger partial charge on any atom is 0.191 e. The number of aromatic nitrogens is 1. The summed E-state index contributed by atoms with van der Waals surface area (Å²) in [7, 11) is 1.76. The summed E-state index contributed by atoms with van der Waals surface area (Å²) >= 11 is 1.68. The molecule has 3 aromatic rings. The number of thiazole rings is 1. The lowest BCUT2D eigenvalue weighted by Crippen LogP contribution is -2.36. The van der Waals surface area contributed by atoms with Crippen molar-refractivity contribution in [2.45, 2.75) is 20.0 Å². The Morgan fingerprint density at radius 1 is 1.04 bits per heavy atom. The Kier molecular flexibility index (Phi) is 8.53. The Labute approximate surface area is 180 Å². The molecule has 0 fully saturated rings. The standard InChI is InChI=1S/C20H22N4OS.HI/c1-15-12-22-19(26-15)14-24-20(21-2)23-13-16-7-6-10-18(11-16)25-17-8-4-3-5-9-17;/h3-12H,13-14H2,1-2H3,(H2,21,23,24);1H. The zero-order valence-electron chi connectivity index (χ0n) is 15.3. The van der Waals surface area contributed by atoms with Gasteiger partial charge in [0, 0.05) is 24.7 Å². The maximum atomic E-state index is 5.88. The average molecular weight is 494 g/mol. The summed E-state index contributed by atoms with van der Waals surface area (Å²) in [4.78, 5) is 9.81. The van der Waals surface area contributed by atoms with Crippen molar-refractivity contribution >= 4 is 41.3 Å². The van der Waals surface area contributed by atoms with Gasteiger partial charge in [-0.3, -0.25) is 4.99 Å². The van der Waals surface area contributed by atoms with Gasteiger partial charge in [0.05, 0.1) is 6.54 Å². The minimum atomic E-state index is 0. The molecule has 0 saturated heterocycles. The van der Waals surface area contributed by atoms with Gasteiger partial charge in [-0.15, -0.1) is 35.3 Å². The van der Waals surface area contributed by atoms with Crippen molar-refractivity contribution in [2.24, 2.45) is 4.99 Å². The molecule has 0 radical (unpaired) electrons. The highest BCUT2D eigenvalue weighted by molar-refractivity contribution is 14.0. The Hall–Kier alpha value is -2.13. The Bertz CT molecular complexity index is 867. The van der Waals surface area contributed by atoms with Crippen LogP contribution in [0.2, 0.25) is 0 Å². The number of nitrogens with one attached hydrogen (secondary N) is 2. The number of hydrogen-bond donors (Lipinski definition) is 2. The molecule has 0 amide bonds. The van der Waals surface area contributed by atoms with E-state index < -0.39 is 0 Å². The first-order chi connectivity index (χ1) is 12.7. The van der Waals surface area contributed by atoms with Gasteiger partial charge in [0.2, 0.25) is 0 Å². The topological polar surface area (TPSA) is 58.5 Å². The van der Waals surface area contributed by atoms with Gasteiger partial charge in [-0.25, -0.2) is 4.98 Å². The van der Waals surface area contributed by atoms with Crippen molar-refractivity contribution in [3.05, 3.63) is 76.2 Å². The molecule has 1 heterocycles. The SMILES string of the molecule is CN=C(NCc1cccc(Oc2ccccc2)c1)NCc1ncc(C)s1.I. The highest BCUT2D eigenvalue weighted by atomic mass is 127. The Morgan fingerprint density at radius 2 is 1.78 bits per heavy atom. The molecule has 2 aromatic carbocycles. The van der Waals surface area contributed by atoms with E-state index in [1.165, 1.54) is 4.88 Å². The number of benzene rings is 2. The summed E-state index contributed by atoms with van der Waals surface area (Å²) in [6, 6.07) is 17.8. The van der Waals surface area contributed by atoms with E-state index >= 15 is 0 Å². The van der Waals surface area contributed by atoms with Crippen LogP contribution in [0.1, 0.15) is 15.4 Å². The molecule has 5 nitrogen and oxygen atoms in total. The number of guanidine groups is 1. The quantitative estimate of drug-likeness (QED) is 0.296. The van der Waals surface area contributed by atoms with Crippen LogP contribution in [-0.4, -0.2) is 18.0 Å². The van der Waals surface area contributed by atoms with E-state index in [0.29, 0.717) is 13.1 Å². The number of ether oxygens (including phenoxy) is 1. The highest BCUT2D eigenvalue weighted by Gasteiger charge is 2.03. The van der Waals surface area contributed by atoms with E-state index in [-0.39, 0.29) is 24.0 Å². The van der Waals surface area contributed by atoms with Crippen LogP contribution in [-0.2, 0) is 13.1 Å². The lowest BCUT2D eigenvalue weighted by atomic mass is 10.2. The van der Waals surface area contributed by atoms with Crippen molar-refractivity contribution in [3.63, 3.8) is 0 Å². The maximum absolute atomic E-state index is 5.88. The molecule has 0 spiro atoms. The fourth-order valence-electron chi connectivity index (χ4n) is 2.39.